The van der Waals surface area contributed by atoms with E-state index in [0.29, 0.717) is 11.0 Å². The van der Waals surface area contributed by atoms with Crippen LogP contribution in [0.2, 0.25) is 5.02 Å². The van der Waals surface area contributed by atoms with Crippen molar-refractivity contribution in [3.63, 3.8) is 0 Å². The number of guanidine groups is 1. The van der Waals surface area contributed by atoms with E-state index in [1.54, 1.807) is 12.1 Å². The minimum absolute atomic E-state index is 0.137. The second-order valence-corrected chi connectivity index (χ2v) is 5.73. The van der Waals surface area contributed by atoms with Crippen molar-refractivity contribution >= 4 is 55.1 Å². The average Bonchev–Trinajstić information content (AvgIpc) is 2.20. The SMILES string of the molecule is CC(C)N=C(NN)Nc1c(Br)cc(Cl)cc1Br. The van der Waals surface area contributed by atoms with Gasteiger partial charge in [0.05, 0.1) is 5.69 Å². The number of anilines is 1. The molecule has 1 aromatic carbocycles. The fourth-order valence-electron chi connectivity index (χ4n) is 1.14. The Labute approximate surface area is 122 Å². The van der Waals surface area contributed by atoms with Crippen molar-refractivity contribution in [1.82, 2.24) is 5.43 Å². The Morgan fingerprint density at radius 1 is 1.35 bits per heavy atom. The molecule has 17 heavy (non-hydrogen) atoms. The maximum atomic E-state index is 5.92. The van der Waals surface area contributed by atoms with Gasteiger partial charge in [0.1, 0.15) is 0 Å². The number of rotatable bonds is 2. The minimum atomic E-state index is 0.137. The topological polar surface area (TPSA) is 62.4 Å². The Balaban J connectivity index is 3.02. The van der Waals surface area contributed by atoms with Crippen LogP contribution in [0.15, 0.2) is 26.1 Å². The predicted molar refractivity (Wildman–Crippen MR) is 80.4 cm³/mol. The molecule has 0 spiro atoms. The van der Waals surface area contributed by atoms with Crippen molar-refractivity contribution in [3.05, 3.63) is 26.1 Å². The molecule has 0 radical (unpaired) electrons. The third-order valence-corrected chi connectivity index (χ3v) is 3.24. The van der Waals surface area contributed by atoms with Crippen LogP contribution in [-0.4, -0.2) is 12.0 Å². The van der Waals surface area contributed by atoms with Gasteiger partial charge in [-0.15, -0.1) is 0 Å². The highest BCUT2D eigenvalue weighted by Crippen LogP contribution is 2.34. The number of hydrazine groups is 1. The lowest BCUT2D eigenvalue weighted by Crippen LogP contribution is -2.37. The first-order valence-corrected chi connectivity index (χ1v) is 6.86. The van der Waals surface area contributed by atoms with Gasteiger partial charge < -0.3 is 5.32 Å². The molecule has 0 unspecified atom stereocenters. The lowest BCUT2D eigenvalue weighted by atomic mass is 10.3. The number of hydrogen-bond donors (Lipinski definition) is 3. The van der Waals surface area contributed by atoms with Gasteiger partial charge in [0.15, 0.2) is 0 Å². The van der Waals surface area contributed by atoms with Gasteiger partial charge in [-0.1, -0.05) is 11.6 Å². The van der Waals surface area contributed by atoms with E-state index < -0.39 is 0 Å². The molecule has 4 nitrogen and oxygen atoms in total. The standard InChI is InChI=1S/C10H13Br2ClN4/c1-5(2)15-10(17-14)16-9-7(11)3-6(13)4-8(9)12/h3-5H,14H2,1-2H3,(H2,15,16,17). The van der Waals surface area contributed by atoms with Crippen LogP contribution in [-0.2, 0) is 0 Å². The number of halogens is 3. The summed E-state index contributed by atoms with van der Waals surface area (Å²) in [5, 5.41) is 3.72. The summed E-state index contributed by atoms with van der Waals surface area (Å²) in [6.45, 7) is 3.93. The van der Waals surface area contributed by atoms with E-state index in [9.17, 15) is 0 Å². The summed E-state index contributed by atoms with van der Waals surface area (Å²) in [6.07, 6.45) is 0. The van der Waals surface area contributed by atoms with E-state index in [1.165, 1.54) is 0 Å². The summed E-state index contributed by atoms with van der Waals surface area (Å²) in [5.74, 6) is 5.89. The van der Waals surface area contributed by atoms with Gasteiger partial charge in [0.2, 0.25) is 5.96 Å². The molecule has 0 aliphatic rings. The van der Waals surface area contributed by atoms with Gasteiger partial charge in [-0.05, 0) is 57.8 Å². The Morgan fingerprint density at radius 3 is 2.29 bits per heavy atom. The molecule has 0 aliphatic heterocycles. The third-order valence-electron chi connectivity index (χ3n) is 1.77. The van der Waals surface area contributed by atoms with Crippen molar-refractivity contribution in [1.29, 1.82) is 0 Å². The van der Waals surface area contributed by atoms with Crippen LogP contribution in [0.3, 0.4) is 0 Å². The maximum Gasteiger partial charge on any atom is 0.210 e. The maximum absolute atomic E-state index is 5.92. The number of nitrogens with two attached hydrogens (primary N) is 1. The monoisotopic (exact) mass is 382 g/mol. The summed E-state index contributed by atoms with van der Waals surface area (Å²) in [6, 6.07) is 3.72. The predicted octanol–water partition coefficient (Wildman–Crippen LogP) is 3.50. The highest BCUT2D eigenvalue weighted by Gasteiger charge is 2.09. The van der Waals surface area contributed by atoms with E-state index in [4.69, 9.17) is 17.4 Å². The highest BCUT2D eigenvalue weighted by atomic mass is 79.9. The van der Waals surface area contributed by atoms with Crippen LogP contribution in [0.25, 0.3) is 0 Å². The molecule has 0 amide bonds. The normalized spacial score (nSPS) is 11.8. The molecule has 7 heteroatoms. The van der Waals surface area contributed by atoms with Crippen LogP contribution in [0.1, 0.15) is 13.8 Å². The number of benzene rings is 1. The van der Waals surface area contributed by atoms with Crippen LogP contribution in [0.5, 0.6) is 0 Å². The van der Waals surface area contributed by atoms with Crippen molar-refractivity contribution in [2.75, 3.05) is 5.32 Å². The molecule has 94 valence electrons. The first-order valence-electron chi connectivity index (χ1n) is 4.90. The Morgan fingerprint density at radius 2 is 1.88 bits per heavy atom. The molecule has 1 aromatic rings. The molecule has 0 fully saturated rings. The molecule has 0 aromatic heterocycles. The fraction of sp³-hybridized carbons (Fsp3) is 0.300. The minimum Gasteiger partial charge on any atom is -0.323 e. The van der Waals surface area contributed by atoms with Gasteiger partial charge in [0, 0.05) is 20.0 Å². The molecule has 0 aliphatic carbocycles. The summed E-state index contributed by atoms with van der Waals surface area (Å²) < 4.78 is 1.65. The third kappa shape index (κ3) is 4.46. The molecule has 0 bridgehead atoms. The van der Waals surface area contributed by atoms with E-state index in [2.05, 4.69) is 47.6 Å². The number of hydrogen-bond acceptors (Lipinski definition) is 2. The Bertz CT molecular complexity index is 411. The smallest absolute Gasteiger partial charge is 0.210 e. The van der Waals surface area contributed by atoms with Gasteiger partial charge in [-0.2, -0.15) is 0 Å². The lowest BCUT2D eigenvalue weighted by molar-refractivity contribution is 0.819. The van der Waals surface area contributed by atoms with E-state index in [-0.39, 0.29) is 6.04 Å². The van der Waals surface area contributed by atoms with Gasteiger partial charge in [0.25, 0.3) is 0 Å². The van der Waals surface area contributed by atoms with Crippen molar-refractivity contribution in [3.8, 4) is 0 Å². The molecule has 1 rings (SSSR count). The van der Waals surface area contributed by atoms with Gasteiger partial charge in [-0.3, -0.25) is 5.43 Å². The fourth-order valence-corrected chi connectivity index (χ4v) is 3.01. The highest BCUT2D eigenvalue weighted by molar-refractivity contribution is 9.11. The summed E-state index contributed by atoms with van der Waals surface area (Å²) >= 11 is 12.8. The van der Waals surface area contributed by atoms with Crippen LogP contribution >= 0.6 is 43.5 Å². The number of nitrogens with zero attached hydrogens (tertiary/aromatic N) is 1. The van der Waals surface area contributed by atoms with Crippen LogP contribution < -0.4 is 16.6 Å². The zero-order valence-electron chi connectivity index (χ0n) is 9.39. The molecule has 0 atom stereocenters. The van der Waals surface area contributed by atoms with E-state index in [1.807, 2.05) is 13.8 Å². The molecule has 4 N–H and O–H groups in total. The molecule has 0 saturated heterocycles. The van der Waals surface area contributed by atoms with Crippen LogP contribution in [0.4, 0.5) is 5.69 Å². The molecular formula is C10H13Br2ClN4. The zero-order valence-corrected chi connectivity index (χ0v) is 13.3. The summed E-state index contributed by atoms with van der Waals surface area (Å²) in [7, 11) is 0. The number of aliphatic imine (C=N–C) groups is 1. The van der Waals surface area contributed by atoms with Gasteiger partial charge in [-0.25, -0.2) is 10.8 Å². The lowest BCUT2D eigenvalue weighted by Gasteiger charge is -2.13. The Kier molecular flexibility index (Phi) is 5.72. The Hall–Kier alpha value is -0.300. The van der Waals surface area contributed by atoms with Crippen molar-refractivity contribution < 1.29 is 0 Å². The number of nitrogens with one attached hydrogen (secondary N) is 2. The molecular weight excluding hydrogens is 371 g/mol. The van der Waals surface area contributed by atoms with Gasteiger partial charge >= 0.3 is 0 Å². The molecule has 0 saturated carbocycles. The van der Waals surface area contributed by atoms with Crippen molar-refractivity contribution in [2.45, 2.75) is 19.9 Å². The van der Waals surface area contributed by atoms with E-state index >= 15 is 0 Å². The summed E-state index contributed by atoms with van der Waals surface area (Å²) in [4.78, 5) is 4.29. The molecule has 0 heterocycles. The second kappa shape index (κ2) is 6.58. The quantitative estimate of drug-likeness (QED) is 0.316. The largest absolute Gasteiger partial charge is 0.323 e. The van der Waals surface area contributed by atoms with E-state index in [0.717, 1.165) is 14.6 Å². The summed E-state index contributed by atoms with van der Waals surface area (Å²) in [5.41, 5.74) is 3.33. The van der Waals surface area contributed by atoms with Crippen molar-refractivity contribution in [2.24, 2.45) is 10.8 Å². The average molecular weight is 385 g/mol. The second-order valence-electron chi connectivity index (χ2n) is 3.59. The first kappa shape index (κ1) is 14.8. The first-order chi connectivity index (χ1) is 7.93. The zero-order chi connectivity index (χ0) is 13.0. The van der Waals surface area contributed by atoms with Crippen LogP contribution in [0, 0.1) is 0 Å².